The Bertz CT molecular complexity index is 594. The monoisotopic (exact) mass is 289 g/mol. The van der Waals surface area contributed by atoms with Gasteiger partial charge in [-0.1, -0.05) is 18.2 Å². The lowest BCUT2D eigenvalue weighted by molar-refractivity contribution is -0.128. The molecular formula is C15H19N3OS. The summed E-state index contributed by atoms with van der Waals surface area (Å²) >= 11 is 1.66. The number of anilines is 1. The van der Waals surface area contributed by atoms with E-state index in [1.165, 1.54) is 0 Å². The number of carbonyl (C=O) groups excluding carboxylic acids is 1. The van der Waals surface area contributed by atoms with Gasteiger partial charge in [0.25, 0.3) is 0 Å². The van der Waals surface area contributed by atoms with Gasteiger partial charge in [0.2, 0.25) is 5.91 Å². The molecule has 0 aliphatic carbocycles. The van der Waals surface area contributed by atoms with Crippen LogP contribution in [-0.2, 0) is 17.9 Å². The van der Waals surface area contributed by atoms with Gasteiger partial charge in [-0.3, -0.25) is 4.79 Å². The average molecular weight is 289 g/mol. The Balaban J connectivity index is 2.05. The van der Waals surface area contributed by atoms with Crippen LogP contribution in [0.3, 0.4) is 0 Å². The molecule has 0 bridgehead atoms. The number of aryl methyl sites for hydroxylation is 1. The highest BCUT2D eigenvalue weighted by Gasteiger charge is 2.08. The number of nitrogens with zero attached hydrogens (tertiary/aromatic N) is 2. The van der Waals surface area contributed by atoms with E-state index in [1.807, 2.05) is 43.6 Å². The molecule has 1 aromatic heterocycles. The lowest BCUT2D eigenvalue weighted by Gasteiger charge is -2.18. The molecule has 0 saturated carbocycles. The molecule has 0 atom stereocenters. The topological polar surface area (TPSA) is 45.2 Å². The van der Waals surface area contributed by atoms with Crippen LogP contribution in [0.5, 0.6) is 0 Å². The fourth-order valence-electron chi connectivity index (χ4n) is 1.85. The maximum absolute atomic E-state index is 11.3. The van der Waals surface area contributed by atoms with Crippen LogP contribution >= 0.6 is 11.3 Å². The highest BCUT2D eigenvalue weighted by atomic mass is 32.1. The number of carbonyl (C=O) groups is 1. The zero-order valence-corrected chi connectivity index (χ0v) is 12.8. The van der Waals surface area contributed by atoms with E-state index in [1.54, 1.807) is 23.2 Å². The molecule has 0 aliphatic rings. The van der Waals surface area contributed by atoms with E-state index in [0.29, 0.717) is 13.1 Å². The third-order valence-corrected chi connectivity index (χ3v) is 4.03. The van der Waals surface area contributed by atoms with Gasteiger partial charge in [-0.05, 0) is 18.6 Å². The van der Waals surface area contributed by atoms with Crippen LogP contribution in [0, 0.1) is 6.92 Å². The number of benzene rings is 1. The van der Waals surface area contributed by atoms with Crippen LogP contribution in [0.2, 0.25) is 0 Å². The van der Waals surface area contributed by atoms with Gasteiger partial charge in [0.15, 0.2) is 0 Å². The zero-order chi connectivity index (χ0) is 14.5. The summed E-state index contributed by atoms with van der Waals surface area (Å²) in [5.41, 5.74) is 3.21. The Morgan fingerprint density at radius 3 is 2.80 bits per heavy atom. The van der Waals surface area contributed by atoms with E-state index in [2.05, 4.69) is 10.3 Å². The van der Waals surface area contributed by atoms with E-state index in [0.717, 1.165) is 22.0 Å². The molecule has 1 heterocycles. The van der Waals surface area contributed by atoms with E-state index < -0.39 is 0 Å². The standard InChI is InChI=1S/C15H19N3OS/c1-11-10-20-15(17-11)8-16-14-7-5-4-6-13(14)9-18(3)12(2)19/h4-7,10,16H,8-9H2,1-3H3. The van der Waals surface area contributed by atoms with Crippen molar-refractivity contribution in [3.63, 3.8) is 0 Å². The summed E-state index contributed by atoms with van der Waals surface area (Å²) < 4.78 is 0. The number of amides is 1. The summed E-state index contributed by atoms with van der Waals surface area (Å²) in [6, 6.07) is 8.05. The third-order valence-electron chi connectivity index (χ3n) is 3.06. The van der Waals surface area contributed by atoms with E-state index in [4.69, 9.17) is 0 Å². The Hall–Kier alpha value is -1.88. The van der Waals surface area contributed by atoms with Gasteiger partial charge in [-0.2, -0.15) is 0 Å². The molecule has 1 N–H and O–H groups in total. The number of rotatable bonds is 5. The van der Waals surface area contributed by atoms with Crippen LogP contribution in [0.15, 0.2) is 29.6 Å². The first-order valence-corrected chi connectivity index (χ1v) is 7.38. The van der Waals surface area contributed by atoms with Crippen molar-refractivity contribution in [3.8, 4) is 0 Å². The molecule has 2 aromatic rings. The number of aromatic nitrogens is 1. The molecule has 2 rings (SSSR count). The SMILES string of the molecule is CC(=O)N(C)Cc1ccccc1NCc1nc(C)cs1. The molecule has 0 saturated heterocycles. The average Bonchev–Trinajstić information content (AvgIpc) is 2.83. The number of nitrogens with one attached hydrogen (secondary N) is 1. The van der Waals surface area contributed by atoms with Crippen molar-refractivity contribution in [2.75, 3.05) is 12.4 Å². The quantitative estimate of drug-likeness (QED) is 0.920. The van der Waals surface area contributed by atoms with Gasteiger partial charge >= 0.3 is 0 Å². The Morgan fingerprint density at radius 1 is 1.40 bits per heavy atom. The summed E-state index contributed by atoms with van der Waals surface area (Å²) in [6.07, 6.45) is 0. The smallest absolute Gasteiger partial charge is 0.219 e. The number of thiazole rings is 1. The molecule has 1 aromatic carbocycles. The molecule has 0 aliphatic heterocycles. The summed E-state index contributed by atoms with van der Waals surface area (Å²) in [6.45, 7) is 4.89. The number of para-hydroxylation sites is 1. The van der Waals surface area contributed by atoms with Crippen molar-refractivity contribution in [3.05, 3.63) is 45.9 Å². The summed E-state index contributed by atoms with van der Waals surface area (Å²) in [7, 11) is 1.81. The molecule has 0 radical (unpaired) electrons. The first-order chi connectivity index (χ1) is 9.56. The lowest BCUT2D eigenvalue weighted by atomic mass is 10.1. The fourth-order valence-corrected chi connectivity index (χ4v) is 2.56. The van der Waals surface area contributed by atoms with Crippen molar-refractivity contribution in [2.24, 2.45) is 0 Å². The van der Waals surface area contributed by atoms with Crippen LogP contribution in [0.25, 0.3) is 0 Å². The van der Waals surface area contributed by atoms with Gasteiger partial charge in [0.05, 0.1) is 6.54 Å². The Labute approximate surface area is 123 Å². The second-order valence-electron chi connectivity index (χ2n) is 4.77. The predicted octanol–water partition coefficient (Wildman–Crippen LogP) is 3.04. The Kier molecular flexibility index (Phi) is 4.74. The minimum absolute atomic E-state index is 0.0651. The van der Waals surface area contributed by atoms with E-state index in [-0.39, 0.29) is 5.91 Å². The second kappa shape index (κ2) is 6.52. The second-order valence-corrected chi connectivity index (χ2v) is 5.71. The molecule has 20 heavy (non-hydrogen) atoms. The lowest BCUT2D eigenvalue weighted by Crippen LogP contribution is -2.23. The zero-order valence-electron chi connectivity index (χ0n) is 12.0. The van der Waals surface area contributed by atoms with Crippen LogP contribution in [0.1, 0.15) is 23.2 Å². The van der Waals surface area contributed by atoms with Crippen molar-refractivity contribution >= 4 is 22.9 Å². The molecular weight excluding hydrogens is 270 g/mol. The number of hydrogen-bond donors (Lipinski definition) is 1. The molecule has 1 amide bonds. The van der Waals surface area contributed by atoms with Crippen LogP contribution in [-0.4, -0.2) is 22.8 Å². The van der Waals surface area contributed by atoms with Gasteiger partial charge in [-0.15, -0.1) is 11.3 Å². The highest BCUT2D eigenvalue weighted by Crippen LogP contribution is 2.18. The van der Waals surface area contributed by atoms with Crippen LogP contribution < -0.4 is 5.32 Å². The van der Waals surface area contributed by atoms with E-state index in [9.17, 15) is 4.79 Å². The largest absolute Gasteiger partial charge is 0.378 e. The summed E-state index contributed by atoms with van der Waals surface area (Å²) in [5, 5.41) is 6.51. The summed E-state index contributed by atoms with van der Waals surface area (Å²) in [5.74, 6) is 0.0651. The minimum Gasteiger partial charge on any atom is -0.378 e. The van der Waals surface area contributed by atoms with E-state index >= 15 is 0 Å². The molecule has 0 unspecified atom stereocenters. The predicted molar refractivity (Wildman–Crippen MR) is 82.8 cm³/mol. The minimum atomic E-state index is 0.0651. The maximum atomic E-state index is 11.3. The molecule has 106 valence electrons. The van der Waals surface area contributed by atoms with Gasteiger partial charge in [-0.25, -0.2) is 4.98 Å². The molecule has 0 fully saturated rings. The normalized spacial score (nSPS) is 10.3. The van der Waals surface area contributed by atoms with Gasteiger partial charge in [0.1, 0.15) is 5.01 Å². The number of hydrogen-bond acceptors (Lipinski definition) is 4. The van der Waals surface area contributed by atoms with Crippen molar-refractivity contribution in [2.45, 2.75) is 26.9 Å². The van der Waals surface area contributed by atoms with Gasteiger partial charge in [0, 0.05) is 37.3 Å². The van der Waals surface area contributed by atoms with Crippen molar-refractivity contribution in [1.82, 2.24) is 9.88 Å². The molecule has 4 nitrogen and oxygen atoms in total. The third kappa shape index (κ3) is 3.81. The summed E-state index contributed by atoms with van der Waals surface area (Å²) in [4.78, 5) is 17.5. The Morgan fingerprint density at radius 2 is 2.15 bits per heavy atom. The first-order valence-electron chi connectivity index (χ1n) is 6.50. The molecule has 5 heteroatoms. The fraction of sp³-hybridized carbons (Fsp3) is 0.333. The van der Waals surface area contributed by atoms with Crippen LogP contribution in [0.4, 0.5) is 5.69 Å². The first kappa shape index (κ1) is 14.5. The highest BCUT2D eigenvalue weighted by molar-refractivity contribution is 7.09. The maximum Gasteiger partial charge on any atom is 0.219 e. The van der Waals surface area contributed by atoms with Crippen molar-refractivity contribution < 1.29 is 4.79 Å². The molecule has 0 spiro atoms. The van der Waals surface area contributed by atoms with Crippen molar-refractivity contribution in [1.29, 1.82) is 0 Å². The van der Waals surface area contributed by atoms with Gasteiger partial charge < -0.3 is 10.2 Å².